The second-order valence-corrected chi connectivity index (χ2v) is 9.13. The number of hydrogen-bond donors (Lipinski definition) is 0. The molecule has 32 heavy (non-hydrogen) atoms. The smallest absolute Gasteiger partial charge is 0.346 e. The zero-order valence-electron chi connectivity index (χ0n) is 19.4. The third-order valence-electron chi connectivity index (χ3n) is 6.53. The van der Waals surface area contributed by atoms with Crippen molar-refractivity contribution in [2.24, 2.45) is 0 Å². The minimum atomic E-state index is -0.0421. The summed E-state index contributed by atoms with van der Waals surface area (Å²) in [5.41, 5.74) is 1.03. The van der Waals surface area contributed by atoms with E-state index in [9.17, 15) is 9.59 Å². The van der Waals surface area contributed by atoms with Crippen LogP contribution in [0.1, 0.15) is 50.9 Å². The summed E-state index contributed by atoms with van der Waals surface area (Å²) >= 11 is 0. The quantitative estimate of drug-likeness (QED) is 0.685. The summed E-state index contributed by atoms with van der Waals surface area (Å²) < 4.78 is 9.14. The van der Waals surface area contributed by atoms with Crippen molar-refractivity contribution in [3.8, 4) is 0 Å². The molecule has 0 saturated carbocycles. The maximum Gasteiger partial charge on any atom is 0.346 e. The number of amides is 1. The molecule has 3 heterocycles. The predicted molar refractivity (Wildman–Crippen MR) is 123 cm³/mol. The molecule has 4 rings (SSSR count). The van der Waals surface area contributed by atoms with Gasteiger partial charge >= 0.3 is 5.69 Å². The van der Waals surface area contributed by atoms with Crippen LogP contribution in [0.3, 0.4) is 0 Å². The van der Waals surface area contributed by atoms with E-state index in [-0.39, 0.29) is 29.7 Å². The molecule has 2 aliphatic rings. The molecule has 1 aromatic carbocycles. The Morgan fingerprint density at radius 3 is 2.38 bits per heavy atom. The molecule has 0 spiro atoms. The van der Waals surface area contributed by atoms with E-state index in [2.05, 4.69) is 4.90 Å². The lowest BCUT2D eigenvalue weighted by Gasteiger charge is -2.37. The van der Waals surface area contributed by atoms with Gasteiger partial charge in [-0.05, 0) is 52.3 Å². The number of morpholine rings is 1. The van der Waals surface area contributed by atoms with Gasteiger partial charge < -0.3 is 9.64 Å². The first-order chi connectivity index (χ1) is 15.4. The molecule has 2 fully saturated rings. The summed E-state index contributed by atoms with van der Waals surface area (Å²) in [5.74, 6) is 1.31. The first kappa shape index (κ1) is 22.7. The first-order valence-electron chi connectivity index (χ1n) is 11.8. The molecular weight excluding hydrogens is 406 g/mol. The standard InChI is InChI=1S/C24H35N5O3/c1-4-28-23(25-29(24(28)31)16-20-8-6-5-7-9-20)21-10-12-26(13-11-21)17-22(30)27-14-18(2)32-19(3)15-27/h5-9,18-19,21H,4,10-17H2,1-3H3. The second kappa shape index (κ2) is 10.0. The van der Waals surface area contributed by atoms with Gasteiger partial charge in [0, 0.05) is 25.6 Å². The molecule has 1 aromatic heterocycles. The lowest BCUT2D eigenvalue weighted by Crippen LogP contribution is -2.51. The molecule has 1 amide bonds. The Bertz CT molecular complexity index is 952. The van der Waals surface area contributed by atoms with E-state index in [0.717, 1.165) is 37.3 Å². The van der Waals surface area contributed by atoms with Gasteiger partial charge in [0.05, 0.1) is 25.3 Å². The SMILES string of the molecule is CCn1c(C2CCN(CC(=O)N3CC(C)OC(C)C3)CC2)nn(Cc2ccccc2)c1=O. The molecular formula is C24H35N5O3. The number of benzene rings is 1. The van der Waals surface area contributed by atoms with Gasteiger partial charge in [0.1, 0.15) is 5.82 Å². The average Bonchev–Trinajstić information content (AvgIpc) is 3.09. The Morgan fingerprint density at radius 1 is 1.09 bits per heavy atom. The predicted octanol–water partition coefficient (Wildman–Crippen LogP) is 1.93. The van der Waals surface area contributed by atoms with Gasteiger partial charge in [-0.25, -0.2) is 9.48 Å². The van der Waals surface area contributed by atoms with Crippen LogP contribution in [0, 0.1) is 0 Å². The molecule has 2 unspecified atom stereocenters. The van der Waals surface area contributed by atoms with Crippen molar-refractivity contribution in [1.82, 2.24) is 24.1 Å². The largest absolute Gasteiger partial charge is 0.372 e. The Balaban J connectivity index is 1.37. The Kier molecular flexibility index (Phi) is 7.10. The highest BCUT2D eigenvalue weighted by molar-refractivity contribution is 5.78. The number of rotatable bonds is 6. The van der Waals surface area contributed by atoms with E-state index in [1.807, 2.05) is 60.6 Å². The van der Waals surface area contributed by atoms with E-state index in [0.29, 0.717) is 32.7 Å². The molecule has 0 N–H and O–H groups in total. The topological polar surface area (TPSA) is 72.6 Å². The van der Waals surface area contributed by atoms with E-state index in [1.165, 1.54) is 0 Å². The summed E-state index contributed by atoms with van der Waals surface area (Å²) in [6.07, 6.45) is 1.99. The van der Waals surface area contributed by atoms with Gasteiger partial charge in [-0.2, -0.15) is 5.10 Å². The molecule has 2 aromatic rings. The van der Waals surface area contributed by atoms with Crippen LogP contribution >= 0.6 is 0 Å². The number of nitrogens with zero attached hydrogens (tertiary/aromatic N) is 5. The number of carbonyl (C=O) groups excluding carboxylic acids is 1. The van der Waals surface area contributed by atoms with Crippen molar-refractivity contribution in [3.05, 3.63) is 52.2 Å². The fourth-order valence-electron chi connectivity index (χ4n) is 4.94. The summed E-state index contributed by atoms with van der Waals surface area (Å²) in [5, 5.41) is 4.74. The molecule has 2 aliphatic heterocycles. The first-order valence-corrected chi connectivity index (χ1v) is 11.8. The van der Waals surface area contributed by atoms with E-state index < -0.39 is 0 Å². The van der Waals surface area contributed by atoms with E-state index in [4.69, 9.17) is 9.84 Å². The third kappa shape index (κ3) is 5.13. The number of piperidine rings is 1. The fraction of sp³-hybridized carbons (Fsp3) is 0.625. The zero-order valence-corrected chi connectivity index (χ0v) is 19.4. The summed E-state index contributed by atoms with van der Waals surface area (Å²) in [7, 11) is 0. The van der Waals surface area contributed by atoms with Crippen molar-refractivity contribution >= 4 is 5.91 Å². The summed E-state index contributed by atoms with van der Waals surface area (Å²) in [4.78, 5) is 29.9. The second-order valence-electron chi connectivity index (χ2n) is 9.13. The lowest BCUT2D eigenvalue weighted by atomic mass is 9.96. The van der Waals surface area contributed by atoms with Crippen LogP contribution in [0.4, 0.5) is 0 Å². The van der Waals surface area contributed by atoms with Crippen LogP contribution in [-0.4, -0.2) is 75.0 Å². The number of aromatic nitrogens is 3. The summed E-state index contributed by atoms with van der Waals surface area (Å²) in [6, 6.07) is 9.97. The molecule has 8 heteroatoms. The van der Waals surface area contributed by atoms with Gasteiger partial charge in [-0.1, -0.05) is 30.3 Å². The minimum absolute atomic E-state index is 0.0421. The minimum Gasteiger partial charge on any atom is -0.372 e. The van der Waals surface area contributed by atoms with Crippen molar-refractivity contribution < 1.29 is 9.53 Å². The highest BCUT2D eigenvalue weighted by Crippen LogP contribution is 2.26. The maximum absolute atomic E-state index is 12.9. The molecule has 0 radical (unpaired) electrons. The van der Waals surface area contributed by atoms with E-state index in [1.54, 1.807) is 4.68 Å². The molecule has 2 atom stereocenters. The molecule has 0 aliphatic carbocycles. The highest BCUT2D eigenvalue weighted by atomic mass is 16.5. The molecule has 0 bridgehead atoms. The Morgan fingerprint density at radius 2 is 1.75 bits per heavy atom. The van der Waals surface area contributed by atoms with Crippen LogP contribution in [0.25, 0.3) is 0 Å². The monoisotopic (exact) mass is 441 g/mol. The fourth-order valence-corrected chi connectivity index (χ4v) is 4.94. The number of likely N-dealkylation sites (tertiary alicyclic amines) is 1. The van der Waals surface area contributed by atoms with Gasteiger partial charge in [0.15, 0.2) is 0 Å². The summed E-state index contributed by atoms with van der Waals surface area (Å²) in [6.45, 7) is 10.6. The number of hydrogen-bond acceptors (Lipinski definition) is 5. The van der Waals surface area contributed by atoms with E-state index >= 15 is 0 Å². The normalized spacial score (nSPS) is 22.9. The Hall–Kier alpha value is -2.45. The van der Waals surface area contributed by atoms with Gasteiger partial charge in [0.25, 0.3) is 0 Å². The molecule has 174 valence electrons. The molecule has 8 nitrogen and oxygen atoms in total. The van der Waals surface area contributed by atoms with Crippen LogP contribution < -0.4 is 5.69 Å². The Labute approximate surface area is 189 Å². The van der Waals surface area contributed by atoms with Gasteiger partial charge in [-0.15, -0.1) is 0 Å². The van der Waals surface area contributed by atoms with Crippen molar-refractivity contribution in [3.63, 3.8) is 0 Å². The van der Waals surface area contributed by atoms with Crippen LogP contribution in [0.5, 0.6) is 0 Å². The van der Waals surface area contributed by atoms with Gasteiger partial charge in [-0.3, -0.25) is 14.3 Å². The lowest BCUT2D eigenvalue weighted by molar-refractivity contribution is -0.144. The third-order valence-corrected chi connectivity index (χ3v) is 6.53. The number of ether oxygens (including phenoxy) is 1. The van der Waals surface area contributed by atoms with Crippen molar-refractivity contribution in [2.75, 3.05) is 32.7 Å². The number of carbonyl (C=O) groups is 1. The van der Waals surface area contributed by atoms with Crippen LogP contribution in [0.15, 0.2) is 35.1 Å². The van der Waals surface area contributed by atoms with Gasteiger partial charge in [0.2, 0.25) is 5.91 Å². The average molecular weight is 442 g/mol. The maximum atomic E-state index is 12.9. The van der Waals surface area contributed by atoms with Crippen LogP contribution in [-0.2, 0) is 22.6 Å². The van der Waals surface area contributed by atoms with Crippen molar-refractivity contribution in [2.45, 2.75) is 64.8 Å². The highest BCUT2D eigenvalue weighted by Gasteiger charge is 2.30. The zero-order chi connectivity index (χ0) is 22.7. The molecule has 2 saturated heterocycles. The van der Waals surface area contributed by atoms with Crippen molar-refractivity contribution in [1.29, 1.82) is 0 Å². The van der Waals surface area contributed by atoms with Crippen LogP contribution in [0.2, 0.25) is 0 Å².